The van der Waals surface area contributed by atoms with Gasteiger partial charge in [0.25, 0.3) is 0 Å². The molecule has 2 aromatic rings. The van der Waals surface area contributed by atoms with E-state index in [1.165, 1.54) is 0 Å². The van der Waals surface area contributed by atoms with Crippen LogP contribution in [0.1, 0.15) is 25.5 Å². The van der Waals surface area contributed by atoms with E-state index in [2.05, 4.69) is 15.3 Å². The highest BCUT2D eigenvalue weighted by atomic mass is 16.5. The zero-order chi connectivity index (χ0) is 12.3. The third-order valence-corrected chi connectivity index (χ3v) is 2.31. The summed E-state index contributed by atoms with van der Waals surface area (Å²) in [6, 6.07) is 2.08. The highest BCUT2D eigenvalue weighted by Gasteiger charge is 2.08. The summed E-state index contributed by atoms with van der Waals surface area (Å²) in [7, 11) is 0. The van der Waals surface area contributed by atoms with Gasteiger partial charge in [0, 0.05) is 18.2 Å². The fourth-order valence-electron chi connectivity index (χ4n) is 1.35. The fourth-order valence-corrected chi connectivity index (χ4v) is 1.35. The molecule has 2 aromatic heterocycles. The van der Waals surface area contributed by atoms with Crippen LogP contribution in [0.15, 0.2) is 24.7 Å². The quantitative estimate of drug-likeness (QED) is 0.865. The van der Waals surface area contributed by atoms with Crippen molar-refractivity contribution in [3.05, 3.63) is 30.2 Å². The molecule has 0 aliphatic carbocycles. The number of nitrogens with two attached hydrogens (primary N) is 1. The van der Waals surface area contributed by atoms with Gasteiger partial charge >= 0.3 is 0 Å². The second kappa shape index (κ2) is 4.92. The number of ether oxygens (including phenoxy) is 1. The summed E-state index contributed by atoms with van der Waals surface area (Å²) >= 11 is 0. The fraction of sp³-hybridized carbons (Fsp3) is 0.364. The van der Waals surface area contributed by atoms with E-state index in [0.29, 0.717) is 24.2 Å². The molecule has 0 radical (unpaired) electrons. The first kappa shape index (κ1) is 11.5. The van der Waals surface area contributed by atoms with E-state index in [1.807, 2.05) is 24.7 Å². The predicted octanol–water partition coefficient (Wildman–Crippen LogP) is 1.50. The van der Waals surface area contributed by atoms with Crippen molar-refractivity contribution in [3.63, 3.8) is 0 Å². The molecule has 6 heteroatoms. The van der Waals surface area contributed by atoms with Gasteiger partial charge in [0.05, 0.1) is 18.6 Å². The summed E-state index contributed by atoms with van der Waals surface area (Å²) in [6.07, 6.45) is 5.06. The molecule has 0 saturated carbocycles. The van der Waals surface area contributed by atoms with Gasteiger partial charge in [0.1, 0.15) is 0 Å². The molecule has 0 bridgehead atoms. The SMILES string of the molecule is CC(C)n1cc(Oc2nnccc2CN)cn1. The van der Waals surface area contributed by atoms with Crippen molar-refractivity contribution in [1.29, 1.82) is 0 Å². The Labute approximate surface area is 99.4 Å². The first-order valence-corrected chi connectivity index (χ1v) is 5.43. The minimum Gasteiger partial charge on any atom is -0.434 e. The number of rotatable bonds is 4. The Balaban J connectivity index is 2.19. The molecule has 2 N–H and O–H groups in total. The number of hydrogen-bond donors (Lipinski definition) is 1. The van der Waals surface area contributed by atoms with Gasteiger partial charge in [-0.3, -0.25) is 4.68 Å². The van der Waals surface area contributed by atoms with Crippen LogP contribution in [0.3, 0.4) is 0 Å². The van der Waals surface area contributed by atoms with Gasteiger partial charge in [-0.05, 0) is 19.9 Å². The van der Waals surface area contributed by atoms with Crippen molar-refractivity contribution < 1.29 is 4.74 Å². The van der Waals surface area contributed by atoms with Crippen LogP contribution in [0, 0.1) is 0 Å². The summed E-state index contributed by atoms with van der Waals surface area (Å²) in [5.74, 6) is 1.06. The van der Waals surface area contributed by atoms with E-state index in [4.69, 9.17) is 10.5 Å². The second-order valence-electron chi connectivity index (χ2n) is 3.92. The molecule has 0 amide bonds. The molecular weight excluding hydrogens is 218 g/mol. The molecule has 0 atom stereocenters. The lowest BCUT2D eigenvalue weighted by Crippen LogP contribution is -2.02. The maximum Gasteiger partial charge on any atom is 0.243 e. The summed E-state index contributed by atoms with van der Waals surface area (Å²) in [4.78, 5) is 0. The van der Waals surface area contributed by atoms with Gasteiger partial charge in [-0.2, -0.15) is 10.2 Å². The molecule has 0 aromatic carbocycles. The largest absolute Gasteiger partial charge is 0.434 e. The van der Waals surface area contributed by atoms with Crippen molar-refractivity contribution >= 4 is 0 Å². The Morgan fingerprint density at radius 2 is 2.29 bits per heavy atom. The molecule has 0 saturated heterocycles. The van der Waals surface area contributed by atoms with Gasteiger partial charge in [-0.1, -0.05) is 0 Å². The van der Waals surface area contributed by atoms with E-state index in [0.717, 1.165) is 5.56 Å². The third-order valence-electron chi connectivity index (χ3n) is 2.31. The van der Waals surface area contributed by atoms with Crippen molar-refractivity contribution in [2.45, 2.75) is 26.4 Å². The van der Waals surface area contributed by atoms with Gasteiger partial charge in [0.2, 0.25) is 5.88 Å². The maximum absolute atomic E-state index is 5.59. The van der Waals surface area contributed by atoms with Crippen LogP contribution < -0.4 is 10.5 Å². The summed E-state index contributed by atoms with van der Waals surface area (Å²) in [5, 5.41) is 11.9. The molecule has 2 heterocycles. The average Bonchev–Trinajstić information content (AvgIpc) is 2.78. The van der Waals surface area contributed by atoms with Gasteiger partial charge in [-0.25, -0.2) is 0 Å². The molecule has 90 valence electrons. The van der Waals surface area contributed by atoms with Crippen LogP contribution in [0.25, 0.3) is 0 Å². The lowest BCUT2D eigenvalue weighted by molar-refractivity contribution is 0.445. The van der Waals surface area contributed by atoms with E-state index in [9.17, 15) is 0 Å². The van der Waals surface area contributed by atoms with Crippen LogP contribution in [0.5, 0.6) is 11.6 Å². The lowest BCUT2D eigenvalue weighted by Gasteiger charge is -2.05. The molecule has 0 aliphatic rings. The van der Waals surface area contributed by atoms with Crippen molar-refractivity contribution in [3.8, 4) is 11.6 Å². The molecule has 0 spiro atoms. The smallest absolute Gasteiger partial charge is 0.243 e. The zero-order valence-electron chi connectivity index (χ0n) is 9.87. The monoisotopic (exact) mass is 233 g/mol. The number of hydrogen-bond acceptors (Lipinski definition) is 5. The number of nitrogens with zero attached hydrogens (tertiary/aromatic N) is 4. The third kappa shape index (κ3) is 2.59. The summed E-state index contributed by atoms with van der Waals surface area (Å²) in [5.41, 5.74) is 6.41. The van der Waals surface area contributed by atoms with Crippen LogP contribution >= 0.6 is 0 Å². The minimum absolute atomic E-state index is 0.295. The second-order valence-corrected chi connectivity index (χ2v) is 3.92. The molecule has 2 rings (SSSR count). The van der Waals surface area contributed by atoms with Crippen molar-refractivity contribution in [2.24, 2.45) is 5.73 Å². The maximum atomic E-state index is 5.59. The predicted molar refractivity (Wildman–Crippen MR) is 62.6 cm³/mol. The normalized spacial score (nSPS) is 10.8. The number of aromatic nitrogens is 4. The first-order chi connectivity index (χ1) is 8.20. The first-order valence-electron chi connectivity index (χ1n) is 5.43. The van der Waals surface area contributed by atoms with E-state index >= 15 is 0 Å². The van der Waals surface area contributed by atoms with Crippen LogP contribution in [-0.2, 0) is 6.54 Å². The van der Waals surface area contributed by atoms with Gasteiger partial charge in [0.15, 0.2) is 5.75 Å². The van der Waals surface area contributed by atoms with E-state index in [-0.39, 0.29) is 0 Å². The lowest BCUT2D eigenvalue weighted by atomic mass is 10.3. The molecule has 0 aliphatic heterocycles. The zero-order valence-corrected chi connectivity index (χ0v) is 9.87. The van der Waals surface area contributed by atoms with Crippen molar-refractivity contribution in [1.82, 2.24) is 20.0 Å². The van der Waals surface area contributed by atoms with Crippen LogP contribution in [0.4, 0.5) is 0 Å². The highest BCUT2D eigenvalue weighted by Crippen LogP contribution is 2.22. The molecule has 17 heavy (non-hydrogen) atoms. The molecule has 0 fully saturated rings. The molecular formula is C11H15N5O. The molecule has 6 nitrogen and oxygen atoms in total. The van der Waals surface area contributed by atoms with Gasteiger partial charge in [-0.15, -0.1) is 5.10 Å². The van der Waals surface area contributed by atoms with Crippen molar-refractivity contribution in [2.75, 3.05) is 0 Å². The topological polar surface area (TPSA) is 78.8 Å². The van der Waals surface area contributed by atoms with Gasteiger partial charge < -0.3 is 10.5 Å². The summed E-state index contributed by atoms with van der Waals surface area (Å²) in [6.45, 7) is 4.46. The van der Waals surface area contributed by atoms with E-state index in [1.54, 1.807) is 18.5 Å². The Morgan fingerprint density at radius 3 is 2.94 bits per heavy atom. The Bertz CT molecular complexity index is 494. The summed E-state index contributed by atoms with van der Waals surface area (Å²) < 4.78 is 7.41. The molecule has 0 unspecified atom stereocenters. The average molecular weight is 233 g/mol. The standard InChI is InChI=1S/C11H15N5O/c1-8(2)16-7-10(6-14-16)17-11-9(5-12)3-4-13-15-11/h3-4,6-8H,5,12H2,1-2H3. The highest BCUT2D eigenvalue weighted by molar-refractivity contribution is 5.28. The Kier molecular flexibility index (Phi) is 3.34. The van der Waals surface area contributed by atoms with Crippen LogP contribution in [-0.4, -0.2) is 20.0 Å². The van der Waals surface area contributed by atoms with E-state index < -0.39 is 0 Å². The Hall–Kier alpha value is -1.95. The Morgan fingerprint density at radius 1 is 1.47 bits per heavy atom. The van der Waals surface area contributed by atoms with Crippen LogP contribution in [0.2, 0.25) is 0 Å². The minimum atomic E-state index is 0.295.